The average molecular weight is 579 g/mol. The van der Waals surface area contributed by atoms with Crippen molar-refractivity contribution >= 4 is 17.6 Å². The fourth-order valence-corrected chi connectivity index (χ4v) is 6.28. The second kappa shape index (κ2) is 13.2. The zero-order chi connectivity index (χ0) is 29.7. The first kappa shape index (κ1) is 30.0. The molecule has 0 radical (unpaired) electrons. The molecule has 7 nitrogen and oxygen atoms in total. The van der Waals surface area contributed by atoms with Crippen LogP contribution in [0.4, 0.5) is 20.4 Å². The summed E-state index contributed by atoms with van der Waals surface area (Å²) in [5.74, 6) is 1.08. The summed E-state index contributed by atoms with van der Waals surface area (Å²) < 4.78 is 31.9. The van der Waals surface area contributed by atoms with Crippen molar-refractivity contribution in [2.24, 2.45) is 17.8 Å². The number of nitrogens with one attached hydrogen (secondary N) is 1. The van der Waals surface area contributed by atoms with Gasteiger partial charge in [-0.3, -0.25) is 9.78 Å². The molecule has 3 heterocycles. The van der Waals surface area contributed by atoms with Crippen LogP contribution in [0.25, 0.3) is 11.3 Å². The summed E-state index contributed by atoms with van der Waals surface area (Å²) in [6, 6.07) is 10.0. The molecule has 42 heavy (non-hydrogen) atoms. The van der Waals surface area contributed by atoms with Gasteiger partial charge in [-0.15, -0.1) is 0 Å². The maximum Gasteiger partial charge on any atom is 0.308 e. The number of hydrogen-bond donors (Lipinski definition) is 2. The Kier molecular flexibility index (Phi) is 9.46. The van der Waals surface area contributed by atoms with E-state index in [2.05, 4.69) is 20.3 Å². The van der Waals surface area contributed by atoms with Crippen LogP contribution in [0.5, 0.6) is 0 Å². The quantitative estimate of drug-likeness (QED) is 0.252. The number of carbonyl (C=O) groups is 1. The van der Waals surface area contributed by atoms with Gasteiger partial charge in [0.2, 0.25) is 0 Å². The summed E-state index contributed by atoms with van der Waals surface area (Å²) in [6.07, 6.45) is 9.39. The van der Waals surface area contributed by atoms with E-state index in [9.17, 15) is 18.7 Å². The van der Waals surface area contributed by atoms with E-state index >= 15 is 0 Å². The van der Waals surface area contributed by atoms with Crippen molar-refractivity contribution < 1.29 is 23.4 Å². The number of rotatable bonds is 9. The summed E-state index contributed by atoms with van der Waals surface area (Å²) in [4.78, 5) is 26.1. The van der Waals surface area contributed by atoms with Gasteiger partial charge in [-0.1, -0.05) is 19.3 Å². The Morgan fingerprint density at radius 1 is 1.02 bits per heavy atom. The Bertz CT molecular complexity index is 1350. The van der Waals surface area contributed by atoms with Crippen molar-refractivity contribution in [3.8, 4) is 11.3 Å². The molecular weight excluding hydrogens is 538 g/mol. The van der Waals surface area contributed by atoms with E-state index in [0.717, 1.165) is 36.8 Å². The molecule has 2 N–H and O–H groups in total. The van der Waals surface area contributed by atoms with Crippen LogP contribution >= 0.6 is 0 Å². The predicted octanol–water partition coefficient (Wildman–Crippen LogP) is 7.67. The largest absolute Gasteiger partial charge is 0.465 e. The lowest BCUT2D eigenvalue weighted by molar-refractivity contribution is -0.152. The van der Waals surface area contributed by atoms with Crippen molar-refractivity contribution in [2.45, 2.75) is 83.7 Å². The third kappa shape index (κ3) is 7.30. The Balaban J connectivity index is 1.20. The van der Waals surface area contributed by atoms with Crippen LogP contribution in [-0.2, 0) is 15.1 Å². The highest BCUT2D eigenvalue weighted by molar-refractivity contribution is 5.72. The van der Waals surface area contributed by atoms with Crippen LogP contribution in [0.15, 0.2) is 48.8 Å². The second-order valence-corrected chi connectivity index (χ2v) is 12.1. The zero-order valence-electron chi connectivity index (χ0n) is 24.4. The van der Waals surface area contributed by atoms with Gasteiger partial charge < -0.3 is 15.2 Å². The molecule has 0 aromatic carbocycles. The number of carbonyl (C=O) groups excluding carboxylic acids is 1. The molecule has 1 unspecified atom stereocenters. The van der Waals surface area contributed by atoms with Crippen molar-refractivity contribution in [3.05, 3.63) is 65.6 Å². The smallest absolute Gasteiger partial charge is 0.308 e. The van der Waals surface area contributed by atoms with Crippen LogP contribution in [0.2, 0.25) is 0 Å². The van der Waals surface area contributed by atoms with Crippen molar-refractivity contribution in [3.63, 3.8) is 0 Å². The lowest BCUT2D eigenvalue weighted by atomic mass is 9.73. The summed E-state index contributed by atoms with van der Waals surface area (Å²) in [7, 11) is 0. The SMILES string of the molecule is Cc1cc(Nc2cc(C(F)F)ccn2)nc(-c2ccc(C(C)(O)[C@H]3CC[C@H](C(=O)OCC4CCCCC4)CC3)nc2)c1. The van der Waals surface area contributed by atoms with E-state index in [4.69, 9.17) is 4.74 Å². The molecule has 9 heteroatoms. The van der Waals surface area contributed by atoms with Gasteiger partial charge in [0, 0.05) is 23.5 Å². The van der Waals surface area contributed by atoms with E-state index in [1.165, 1.54) is 37.6 Å². The first-order valence-electron chi connectivity index (χ1n) is 15.0. The van der Waals surface area contributed by atoms with E-state index in [1.54, 1.807) is 13.1 Å². The normalized spacial score (nSPS) is 21.1. The first-order chi connectivity index (χ1) is 20.2. The minimum absolute atomic E-state index is 0.0114. The van der Waals surface area contributed by atoms with Crippen LogP contribution in [0, 0.1) is 24.7 Å². The summed E-state index contributed by atoms with van der Waals surface area (Å²) in [6.45, 7) is 4.27. The average Bonchev–Trinajstić information content (AvgIpc) is 3.00. The highest BCUT2D eigenvalue weighted by Crippen LogP contribution is 2.41. The van der Waals surface area contributed by atoms with Crippen molar-refractivity contribution in [1.82, 2.24) is 15.0 Å². The number of hydrogen-bond acceptors (Lipinski definition) is 7. The fourth-order valence-electron chi connectivity index (χ4n) is 6.28. The number of aliphatic hydroxyl groups is 1. The number of aromatic nitrogens is 3. The van der Waals surface area contributed by atoms with Gasteiger partial charge in [0.05, 0.1) is 23.9 Å². The Morgan fingerprint density at radius 2 is 1.79 bits per heavy atom. The molecule has 0 aliphatic heterocycles. The molecule has 2 aliphatic rings. The summed E-state index contributed by atoms with van der Waals surface area (Å²) in [5, 5.41) is 14.5. The number of esters is 1. The minimum Gasteiger partial charge on any atom is -0.465 e. The van der Waals surface area contributed by atoms with Gasteiger partial charge in [0.1, 0.15) is 17.2 Å². The Morgan fingerprint density at radius 3 is 2.48 bits per heavy atom. The van der Waals surface area contributed by atoms with Crippen LogP contribution < -0.4 is 5.32 Å². The molecule has 2 aliphatic carbocycles. The fraction of sp³-hybridized carbons (Fsp3) is 0.515. The molecule has 0 saturated heterocycles. The third-order valence-electron chi connectivity index (χ3n) is 8.88. The van der Waals surface area contributed by atoms with Gasteiger partial charge in [0.15, 0.2) is 0 Å². The van der Waals surface area contributed by atoms with Gasteiger partial charge in [-0.05, 0) is 106 Å². The number of nitrogens with zero attached hydrogens (tertiary/aromatic N) is 3. The van der Waals surface area contributed by atoms with E-state index in [1.807, 2.05) is 31.2 Å². The van der Waals surface area contributed by atoms with Crippen LogP contribution in [0.1, 0.15) is 88.0 Å². The number of halogens is 2. The number of anilines is 2. The van der Waals surface area contributed by atoms with Gasteiger partial charge >= 0.3 is 5.97 Å². The first-order valence-corrected chi connectivity index (χ1v) is 15.0. The topological polar surface area (TPSA) is 97.2 Å². The Labute approximate surface area is 246 Å². The molecule has 2 saturated carbocycles. The molecule has 224 valence electrons. The molecule has 0 bridgehead atoms. The maximum absolute atomic E-state index is 13.1. The molecule has 0 amide bonds. The van der Waals surface area contributed by atoms with E-state index in [0.29, 0.717) is 42.6 Å². The summed E-state index contributed by atoms with van der Waals surface area (Å²) >= 11 is 0. The third-order valence-corrected chi connectivity index (χ3v) is 8.88. The minimum atomic E-state index is -2.58. The molecule has 0 spiro atoms. The summed E-state index contributed by atoms with van der Waals surface area (Å²) in [5.41, 5.74) is 1.68. The molecule has 3 aromatic rings. The zero-order valence-corrected chi connectivity index (χ0v) is 24.4. The predicted molar refractivity (Wildman–Crippen MR) is 157 cm³/mol. The second-order valence-electron chi connectivity index (χ2n) is 12.1. The van der Waals surface area contributed by atoms with Gasteiger partial charge in [-0.25, -0.2) is 18.7 Å². The van der Waals surface area contributed by atoms with Gasteiger partial charge in [-0.2, -0.15) is 0 Å². The molecular formula is C33H40F2N4O3. The number of alkyl halides is 2. The number of aryl methyl sites for hydroxylation is 1. The molecule has 2 fully saturated rings. The molecule has 1 atom stereocenters. The molecule has 5 rings (SSSR count). The monoisotopic (exact) mass is 578 g/mol. The van der Waals surface area contributed by atoms with Crippen molar-refractivity contribution in [2.75, 3.05) is 11.9 Å². The van der Waals surface area contributed by atoms with Gasteiger partial charge in [0.25, 0.3) is 6.43 Å². The molecule has 3 aromatic heterocycles. The van der Waals surface area contributed by atoms with E-state index < -0.39 is 12.0 Å². The van der Waals surface area contributed by atoms with Crippen molar-refractivity contribution in [1.29, 1.82) is 0 Å². The number of ether oxygens (including phenoxy) is 1. The van der Waals surface area contributed by atoms with Crippen LogP contribution in [-0.4, -0.2) is 32.6 Å². The van der Waals surface area contributed by atoms with Crippen LogP contribution in [0.3, 0.4) is 0 Å². The Hall–Kier alpha value is -3.46. The standard InChI is InChI=1S/C33H40F2N4O3/c1-21-16-27(38-30(17-21)39-29-18-24(31(34)35)14-15-36-29)25-10-13-28(37-19-25)33(2,41)26-11-8-23(9-12-26)32(40)42-20-22-6-4-3-5-7-22/h10,13-19,22-23,26,31,41H,3-9,11-12,20H2,1-2H3,(H,36,38,39)/t23-,26-,33?. The number of pyridine rings is 3. The lowest BCUT2D eigenvalue weighted by Gasteiger charge is -2.37. The lowest BCUT2D eigenvalue weighted by Crippen LogP contribution is -2.37. The van der Waals surface area contributed by atoms with E-state index in [-0.39, 0.29) is 29.2 Å². The highest BCUT2D eigenvalue weighted by atomic mass is 19.3. The highest BCUT2D eigenvalue weighted by Gasteiger charge is 2.39. The maximum atomic E-state index is 13.1.